The lowest BCUT2D eigenvalue weighted by atomic mass is 9.91. The minimum Gasteiger partial charge on any atom is -0.482 e. The molecular weight excluding hydrogens is 378 g/mol. The number of para-hydroxylation sites is 1. The fraction of sp³-hybridized carbons (Fsp3) is 0.619. The van der Waals surface area contributed by atoms with E-state index in [-0.39, 0.29) is 29.8 Å². The van der Waals surface area contributed by atoms with Crippen LogP contribution in [0.2, 0.25) is 5.02 Å². The van der Waals surface area contributed by atoms with Crippen LogP contribution in [0.1, 0.15) is 26.7 Å². The molecule has 0 bridgehead atoms. The Morgan fingerprint density at radius 1 is 1.25 bits per heavy atom. The molecule has 0 atom stereocenters. The van der Waals surface area contributed by atoms with E-state index in [9.17, 15) is 9.59 Å². The third-order valence-electron chi connectivity index (χ3n) is 4.89. The van der Waals surface area contributed by atoms with Crippen LogP contribution in [0.15, 0.2) is 24.3 Å². The molecule has 0 spiro atoms. The minimum absolute atomic E-state index is 0.0197. The largest absolute Gasteiger partial charge is 0.482 e. The maximum absolute atomic E-state index is 12.5. The summed E-state index contributed by atoms with van der Waals surface area (Å²) in [6, 6.07) is 7.10. The number of piperidine rings is 1. The van der Waals surface area contributed by atoms with Crippen molar-refractivity contribution in [2.75, 3.05) is 46.9 Å². The molecule has 2 rings (SSSR count). The molecule has 1 fully saturated rings. The van der Waals surface area contributed by atoms with Crippen LogP contribution < -0.4 is 10.1 Å². The van der Waals surface area contributed by atoms with Gasteiger partial charge in [-0.15, -0.1) is 0 Å². The van der Waals surface area contributed by atoms with E-state index >= 15 is 0 Å². The van der Waals surface area contributed by atoms with Gasteiger partial charge in [-0.1, -0.05) is 37.6 Å². The molecule has 1 aromatic carbocycles. The first kappa shape index (κ1) is 22.5. The number of nitrogens with zero attached hydrogens (tertiary/aromatic N) is 2. The number of rotatable bonds is 8. The molecule has 1 aliphatic rings. The number of ether oxygens (including phenoxy) is 1. The maximum Gasteiger partial charge on any atom is 0.260 e. The van der Waals surface area contributed by atoms with E-state index in [0.717, 1.165) is 6.54 Å². The number of benzene rings is 1. The first-order valence-electron chi connectivity index (χ1n) is 9.75. The lowest BCUT2D eigenvalue weighted by Gasteiger charge is -2.33. The monoisotopic (exact) mass is 409 g/mol. The fourth-order valence-corrected chi connectivity index (χ4v) is 3.76. The zero-order chi connectivity index (χ0) is 20.7. The molecular formula is C21H32ClN3O3. The van der Waals surface area contributed by atoms with E-state index in [1.807, 2.05) is 26.2 Å². The van der Waals surface area contributed by atoms with Gasteiger partial charge in [0.1, 0.15) is 5.75 Å². The third kappa shape index (κ3) is 6.99. The van der Waals surface area contributed by atoms with Crippen LogP contribution >= 0.6 is 11.6 Å². The van der Waals surface area contributed by atoms with Crippen LogP contribution in [-0.4, -0.2) is 68.5 Å². The van der Waals surface area contributed by atoms with Gasteiger partial charge in [0.2, 0.25) is 5.91 Å². The molecule has 0 saturated carbocycles. The summed E-state index contributed by atoms with van der Waals surface area (Å²) in [6.45, 7) is 6.95. The van der Waals surface area contributed by atoms with Crippen molar-refractivity contribution in [3.8, 4) is 5.75 Å². The maximum atomic E-state index is 12.5. The summed E-state index contributed by atoms with van der Waals surface area (Å²) in [4.78, 5) is 28.7. The smallest absolute Gasteiger partial charge is 0.260 e. The Labute approximate surface area is 173 Å². The van der Waals surface area contributed by atoms with Gasteiger partial charge in [0.05, 0.1) is 5.02 Å². The standard InChI is InChI=1S/C21H32ClN3O3/c1-21(2,15-24(3)4)14-23-20(27)16-9-11-25(12-10-16)19(26)13-28-18-8-6-5-7-17(18)22/h5-8,16H,9-15H2,1-4H3,(H,23,27). The summed E-state index contributed by atoms with van der Waals surface area (Å²) in [5.74, 6) is 0.480. The van der Waals surface area contributed by atoms with Crippen molar-refractivity contribution in [1.29, 1.82) is 0 Å². The Morgan fingerprint density at radius 2 is 1.89 bits per heavy atom. The Hall–Kier alpha value is -1.79. The topological polar surface area (TPSA) is 61.9 Å². The summed E-state index contributed by atoms with van der Waals surface area (Å²) in [7, 11) is 4.07. The molecule has 0 aliphatic carbocycles. The molecule has 0 aromatic heterocycles. The molecule has 1 aromatic rings. The zero-order valence-electron chi connectivity index (χ0n) is 17.3. The summed E-state index contributed by atoms with van der Waals surface area (Å²) in [5.41, 5.74) is 0.0197. The summed E-state index contributed by atoms with van der Waals surface area (Å²) in [6.07, 6.45) is 1.36. The predicted molar refractivity (Wildman–Crippen MR) is 112 cm³/mol. The summed E-state index contributed by atoms with van der Waals surface area (Å²) < 4.78 is 5.53. The number of carbonyl (C=O) groups excluding carboxylic acids is 2. The summed E-state index contributed by atoms with van der Waals surface area (Å²) in [5, 5.41) is 3.58. The second-order valence-corrected chi connectivity index (χ2v) is 8.90. The highest BCUT2D eigenvalue weighted by molar-refractivity contribution is 6.32. The lowest BCUT2D eigenvalue weighted by Crippen LogP contribution is -2.46. The molecule has 28 heavy (non-hydrogen) atoms. The van der Waals surface area contributed by atoms with Crippen LogP contribution in [-0.2, 0) is 9.59 Å². The second kappa shape index (κ2) is 10.1. The van der Waals surface area contributed by atoms with Crippen molar-refractivity contribution >= 4 is 23.4 Å². The van der Waals surface area contributed by atoms with Crippen molar-refractivity contribution in [3.05, 3.63) is 29.3 Å². The molecule has 6 nitrogen and oxygen atoms in total. The van der Waals surface area contributed by atoms with Crippen molar-refractivity contribution in [1.82, 2.24) is 15.1 Å². The molecule has 0 unspecified atom stereocenters. The molecule has 1 saturated heterocycles. The van der Waals surface area contributed by atoms with Gasteiger partial charge >= 0.3 is 0 Å². The average molecular weight is 410 g/mol. The molecule has 7 heteroatoms. The Kier molecular flexibility index (Phi) is 8.13. The van der Waals surface area contributed by atoms with E-state index in [0.29, 0.717) is 43.2 Å². The third-order valence-corrected chi connectivity index (χ3v) is 5.20. The van der Waals surface area contributed by atoms with E-state index in [1.165, 1.54) is 0 Å². The average Bonchev–Trinajstić information content (AvgIpc) is 2.64. The first-order valence-corrected chi connectivity index (χ1v) is 10.1. The van der Waals surface area contributed by atoms with E-state index in [4.69, 9.17) is 16.3 Å². The normalized spacial score (nSPS) is 15.6. The van der Waals surface area contributed by atoms with Gasteiger partial charge < -0.3 is 19.9 Å². The number of likely N-dealkylation sites (tertiary alicyclic amines) is 1. The SMILES string of the molecule is CN(C)CC(C)(C)CNC(=O)C1CCN(C(=O)COc2ccccc2Cl)CC1. The Balaban J connectivity index is 1.73. The van der Waals surface area contributed by atoms with E-state index in [2.05, 4.69) is 24.1 Å². The molecule has 2 amide bonds. The van der Waals surface area contributed by atoms with Gasteiger partial charge in [-0.25, -0.2) is 0 Å². The number of hydrogen-bond acceptors (Lipinski definition) is 4. The number of nitrogens with one attached hydrogen (secondary N) is 1. The quantitative estimate of drug-likeness (QED) is 0.717. The van der Waals surface area contributed by atoms with Crippen molar-refractivity contribution in [2.45, 2.75) is 26.7 Å². The van der Waals surface area contributed by atoms with Crippen LogP contribution in [0.5, 0.6) is 5.75 Å². The minimum atomic E-state index is -0.0779. The van der Waals surface area contributed by atoms with Crippen LogP contribution in [0.4, 0.5) is 0 Å². The zero-order valence-corrected chi connectivity index (χ0v) is 18.1. The van der Waals surface area contributed by atoms with Gasteiger partial charge in [-0.3, -0.25) is 9.59 Å². The first-order chi connectivity index (χ1) is 13.2. The van der Waals surface area contributed by atoms with Gasteiger partial charge in [0, 0.05) is 32.1 Å². The molecule has 1 heterocycles. The van der Waals surface area contributed by atoms with E-state index in [1.54, 1.807) is 17.0 Å². The second-order valence-electron chi connectivity index (χ2n) is 8.49. The molecule has 1 aliphatic heterocycles. The highest BCUT2D eigenvalue weighted by Gasteiger charge is 2.29. The highest BCUT2D eigenvalue weighted by atomic mass is 35.5. The van der Waals surface area contributed by atoms with Crippen LogP contribution in [0.3, 0.4) is 0 Å². The van der Waals surface area contributed by atoms with Crippen molar-refractivity contribution in [3.63, 3.8) is 0 Å². The molecule has 0 radical (unpaired) electrons. The van der Waals surface area contributed by atoms with Gasteiger partial charge in [-0.05, 0) is 44.5 Å². The van der Waals surface area contributed by atoms with Crippen molar-refractivity contribution in [2.24, 2.45) is 11.3 Å². The number of hydrogen-bond donors (Lipinski definition) is 1. The summed E-state index contributed by atoms with van der Waals surface area (Å²) >= 11 is 6.04. The van der Waals surface area contributed by atoms with E-state index < -0.39 is 0 Å². The molecule has 156 valence electrons. The van der Waals surface area contributed by atoms with Gasteiger partial charge in [-0.2, -0.15) is 0 Å². The van der Waals surface area contributed by atoms with Crippen LogP contribution in [0, 0.1) is 11.3 Å². The number of carbonyl (C=O) groups is 2. The van der Waals surface area contributed by atoms with Crippen molar-refractivity contribution < 1.29 is 14.3 Å². The van der Waals surface area contributed by atoms with Gasteiger partial charge in [0.15, 0.2) is 6.61 Å². The van der Waals surface area contributed by atoms with Gasteiger partial charge in [0.25, 0.3) is 5.91 Å². The Bertz CT molecular complexity index is 671. The Morgan fingerprint density at radius 3 is 2.50 bits per heavy atom. The van der Waals surface area contributed by atoms with Crippen LogP contribution in [0.25, 0.3) is 0 Å². The number of halogens is 1. The number of amides is 2. The fourth-order valence-electron chi connectivity index (χ4n) is 3.57. The predicted octanol–water partition coefficient (Wildman–Crippen LogP) is 2.66. The highest BCUT2D eigenvalue weighted by Crippen LogP contribution is 2.24. The molecule has 1 N–H and O–H groups in total. The lowest BCUT2D eigenvalue weighted by molar-refractivity contribution is -0.137.